The van der Waals surface area contributed by atoms with Gasteiger partial charge in [-0.25, -0.2) is 0 Å². The Hall–Kier alpha value is -2.08. The largest absolute Gasteiger partial charge is 0.481 e. The lowest BCUT2D eigenvalue weighted by molar-refractivity contribution is -0.138. The number of nitrogens with one attached hydrogen (secondary N) is 2. The number of benzene rings is 1. The van der Waals surface area contributed by atoms with Crippen molar-refractivity contribution in [2.75, 3.05) is 12.4 Å². The highest BCUT2D eigenvalue weighted by Crippen LogP contribution is 2.23. The van der Waals surface area contributed by atoms with Crippen LogP contribution in [-0.4, -0.2) is 29.9 Å². The second-order valence-corrected chi connectivity index (χ2v) is 4.12. The molecule has 0 spiro atoms. The lowest BCUT2D eigenvalue weighted by atomic mass is 10.2. The average Bonchev–Trinajstić information content (AvgIpc) is 2.38. The number of aliphatic carboxylic acids is 1. The van der Waals surface area contributed by atoms with Crippen molar-refractivity contribution in [2.24, 2.45) is 0 Å². The van der Waals surface area contributed by atoms with Crippen LogP contribution in [-0.2, 0) is 9.59 Å². The van der Waals surface area contributed by atoms with E-state index in [9.17, 15) is 14.4 Å². The number of amides is 2. The molecule has 0 atom stereocenters. The summed E-state index contributed by atoms with van der Waals surface area (Å²) in [5.74, 6) is -1.84. The Bertz CT molecular complexity index is 516. The highest BCUT2D eigenvalue weighted by atomic mass is 35.5. The summed E-state index contributed by atoms with van der Waals surface area (Å²) >= 11 is 5.89. The third kappa shape index (κ3) is 4.59. The fourth-order valence-corrected chi connectivity index (χ4v) is 1.50. The zero-order valence-electron chi connectivity index (χ0n) is 10.2. The first-order valence-corrected chi connectivity index (χ1v) is 5.85. The number of halogens is 1. The summed E-state index contributed by atoms with van der Waals surface area (Å²) in [5, 5.41) is 13.7. The molecule has 0 aliphatic heterocycles. The zero-order chi connectivity index (χ0) is 14.4. The molecular formula is C12H13ClN2O4. The van der Waals surface area contributed by atoms with Gasteiger partial charge in [0, 0.05) is 19.0 Å². The molecule has 0 aliphatic rings. The first-order valence-electron chi connectivity index (χ1n) is 5.47. The molecule has 1 rings (SSSR count). The SMILES string of the molecule is CNC(=O)c1ccc(Cl)c(NC(=O)CCC(=O)O)c1. The lowest BCUT2D eigenvalue weighted by Gasteiger charge is -2.08. The average molecular weight is 285 g/mol. The number of hydrogen-bond acceptors (Lipinski definition) is 3. The van der Waals surface area contributed by atoms with Crippen LogP contribution in [0.3, 0.4) is 0 Å². The number of hydrogen-bond donors (Lipinski definition) is 3. The Morgan fingerprint density at radius 2 is 1.95 bits per heavy atom. The van der Waals surface area contributed by atoms with Gasteiger partial charge in [0.05, 0.1) is 17.1 Å². The number of carboxylic acids is 1. The maximum absolute atomic E-state index is 11.5. The first-order chi connectivity index (χ1) is 8.93. The molecule has 19 heavy (non-hydrogen) atoms. The normalized spacial score (nSPS) is 9.79. The minimum Gasteiger partial charge on any atom is -0.481 e. The quantitative estimate of drug-likeness (QED) is 0.763. The third-order valence-electron chi connectivity index (χ3n) is 2.30. The van der Waals surface area contributed by atoms with Crippen molar-refractivity contribution >= 4 is 35.1 Å². The number of carbonyl (C=O) groups excluding carboxylic acids is 2. The molecule has 0 heterocycles. The maximum Gasteiger partial charge on any atom is 0.303 e. The van der Waals surface area contributed by atoms with E-state index in [1.54, 1.807) is 0 Å². The van der Waals surface area contributed by atoms with Crippen LogP contribution in [0, 0.1) is 0 Å². The maximum atomic E-state index is 11.5. The smallest absolute Gasteiger partial charge is 0.303 e. The van der Waals surface area contributed by atoms with Gasteiger partial charge < -0.3 is 15.7 Å². The molecule has 0 unspecified atom stereocenters. The Balaban J connectivity index is 2.79. The molecule has 2 amide bonds. The minimum atomic E-state index is -1.06. The zero-order valence-corrected chi connectivity index (χ0v) is 11.0. The molecule has 0 saturated carbocycles. The number of anilines is 1. The first kappa shape index (κ1) is 15.0. The minimum absolute atomic E-state index is 0.157. The summed E-state index contributed by atoms with van der Waals surface area (Å²) in [6, 6.07) is 4.44. The molecule has 6 nitrogen and oxygen atoms in total. The predicted molar refractivity (Wildman–Crippen MR) is 70.3 cm³/mol. The van der Waals surface area contributed by atoms with Gasteiger partial charge in [-0.1, -0.05) is 11.6 Å². The van der Waals surface area contributed by atoms with E-state index in [0.717, 1.165) is 0 Å². The van der Waals surface area contributed by atoms with Crippen molar-refractivity contribution < 1.29 is 19.5 Å². The van der Waals surface area contributed by atoms with Crippen LogP contribution in [0.4, 0.5) is 5.69 Å². The van der Waals surface area contributed by atoms with Crippen LogP contribution in [0.1, 0.15) is 23.2 Å². The van der Waals surface area contributed by atoms with Crippen LogP contribution >= 0.6 is 11.6 Å². The molecular weight excluding hydrogens is 272 g/mol. The third-order valence-corrected chi connectivity index (χ3v) is 2.63. The highest BCUT2D eigenvalue weighted by molar-refractivity contribution is 6.33. The van der Waals surface area contributed by atoms with E-state index in [1.807, 2.05) is 0 Å². The standard InChI is InChI=1S/C12H13ClN2O4/c1-14-12(19)7-2-3-8(13)9(6-7)15-10(16)4-5-11(17)18/h2-3,6H,4-5H2,1H3,(H,14,19)(H,15,16)(H,17,18). The molecule has 102 valence electrons. The molecule has 7 heteroatoms. The second kappa shape index (κ2) is 6.75. The van der Waals surface area contributed by atoms with E-state index < -0.39 is 11.9 Å². The molecule has 0 saturated heterocycles. The predicted octanol–water partition coefficient (Wildman–Crippen LogP) is 1.50. The van der Waals surface area contributed by atoms with Crippen molar-refractivity contribution in [3.63, 3.8) is 0 Å². The van der Waals surface area contributed by atoms with Crippen LogP contribution in [0.15, 0.2) is 18.2 Å². The van der Waals surface area contributed by atoms with Crippen LogP contribution in [0.2, 0.25) is 5.02 Å². The van der Waals surface area contributed by atoms with Gasteiger partial charge in [-0.2, -0.15) is 0 Å². The van der Waals surface area contributed by atoms with Gasteiger partial charge in [-0.05, 0) is 18.2 Å². The van der Waals surface area contributed by atoms with Crippen molar-refractivity contribution in [2.45, 2.75) is 12.8 Å². The fraction of sp³-hybridized carbons (Fsp3) is 0.250. The second-order valence-electron chi connectivity index (χ2n) is 3.72. The van der Waals surface area contributed by atoms with Gasteiger partial charge in [-0.15, -0.1) is 0 Å². The van der Waals surface area contributed by atoms with Crippen molar-refractivity contribution in [3.8, 4) is 0 Å². The Morgan fingerprint density at radius 3 is 2.53 bits per heavy atom. The van der Waals surface area contributed by atoms with Crippen LogP contribution in [0.5, 0.6) is 0 Å². The number of rotatable bonds is 5. The van der Waals surface area contributed by atoms with E-state index in [0.29, 0.717) is 5.56 Å². The van der Waals surface area contributed by atoms with Gasteiger partial charge in [0.2, 0.25) is 5.91 Å². The van der Waals surface area contributed by atoms with Gasteiger partial charge in [-0.3, -0.25) is 14.4 Å². The van der Waals surface area contributed by atoms with Gasteiger partial charge in [0.25, 0.3) is 5.91 Å². The van der Waals surface area contributed by atoms with E-state index in [1.165, 1.54) is 25.2 Å². The van der Waals surface area contributed by atoms with E-state index in [2.05, 4.69) is 10.6 Å². The molecule has 1 aromatic rings. The lowest BCUT2D eigenvalue weighted by Crippen LogP contribution is -2.18. The van der Waals surface area contributed by atoms with Crippen molar-refractivity contribution in [1.29, 1.82) is 0 Å². The van der Waals surface area contributed by atoms with Gasteiger partial charge in [0.1, 0.15) is 0 Å². The van der Waals surface area contributed by atoms with E-state index >= 15 is 0 Å². The molecule has 3 N–H and O–H groups in total. The fourth-order valence-electron chi connectivity index (χ4n) is 1.34. The van der Waals surface area contributed by atoms with Gasteiger partial charge in [0.15, 0.2) is 0 Å². The van der Waals surface area contributed by atoms with E-state index in [4.69, 9.17) is 16.7 Å². The van der Waals surface area contributed by atoms with Crippen molar-refractivity contribution in [1.82, 2.24) is 5.32 Å². The summed E-state index contributed by atoms with van der Waals surface area (Å²) in [4.78, 5) is 33.3. The molecule has 0 radical (unpaired) electrons. The van der Waals surface area contributed by atoms with Gasteiger partial charge >= 0.3 is 5.97 Å². The summed E-state index contributed by atoms with van der Waals surface area (Å²) in [6.45, 7) is 0. The topological polar surface area (TPSA) is 95.5 Å². The number of carboxylic acid groups (broad SMARTS) is 1. The molecule has 1 aromatic carbocycles. The summed E-state index contributed by atoms with van der Waals surface area (Å²) in [7, 11) is 1.49. The summed E-state index contributed by atoms with van der Waals surface area (Å²) < 4.78 is 0. The monoisotopic (exact) mass is 284 g/mol. The van der Waals surface area contributed by atoms with E-state index in [-0.39, 0.29) is 29.5 Å². The Kier molecular flexibility index (Phi) is 5.32. The van der Waals surface area contributed by atoms with Crippen LogP contribution in [0.25, 0.3) is 0 Å². The highest BCUT2D eigenvalue weighted by Gasteiger charge is 2.11. The Morgan fingerprint density at radius 1 is 1.26 bits per heavy atom. The summed E-state index contributed by atoms with van der Waals surface area (Å²) in [6.07, 6.45) is -0.422. The molecule has 0 fully saturated rings. The van der Waals surface area contributed by atoms with Crippen molar-refractivity contribution in [3.05, 3.63) is 28.8 Å². The molecule has 0 aromatic heterocycles. The molecule has 0 bridgehead atoms. The molecule has 0 aliphatic carbocycles. The number of carbonyl (C=O) groups is 3. The van der Waals surface area contributed by atoms with Crippen LogP contribution < -0.4 is 10.6 Å². The Labute approximate surface area is 114 Å². The summed E-state index contributed by atoms with van der Waals surface area (Å²) in [5.41, 5.74) is 0.624.